The molecule has 0 unspecified atom stereocenters. The number of ether oxygens (including phenoxy) is 3. The van der Waals surface area contributed by atoms with Gasteiger partial charge in [0.15, 0.2) is 23.0 Å². The standard InChI is InChI=1S/C22H22O12/c1-31-21-13(33-22-20(30)19(29)17(27)14(6-23)34-22)5-12-15(18(21)28)16(26)9(7-32-12)8-2-3-10(24)11(25)4-8/h2-5,7,14,17,19-20,22-25,27-30H,6H2,1H3/t14-,17-,19+,20-,22-/m1/s1. The topological polar surface area (TPSA) is 200 Å². The molecule has 0 spiro atoms. The fourth-order valence-electron chi connectivity index (χ4n) is 3.69. The van der Waals surface area contributed by atoms with Gasteiger partial charge in [0, 0.05) is 6.07 Å². The molecule has 12 heteroatoms. The lowest BCUT2D eigenvalue weighted by Crippen LogP contribution is -2.60. The Kier molecular flexibility index (Phi) is 6.25. The molecule has 3 aromatic rings. The van der Waals surface area contributed by atoms with Crippen molar-refractivity contribution in [1.29, 1.82) is 0 Å². The molecule has 182 valence electrons. The summed E-state index contributed by atoms with van der Waals surface area (Å²) in [7, 11) is 1.19. The third kappa shape index (κ3) is 3.87. The monoisotopic (exact) mass is 478 g/mol. The molecule has 34 heavy (non-hydrogen) atoms. The van der Waals surface area contributed by atoms with Crippen molar-refractivity contribution in [1.82, 2.24) is 0 Å². The second-order valence-corrected chi connectivity index (χ2v) is 7.63. The normalized spacial score (nSPS) is 24.8. The highest BCUT2D eigenvalue weighted by atomic mass is 16.7. The fraction of sp³-hybridized carbons (Fsp3) is 0.318. The van der Waals surface area contributed by atoms with Gasteiger partial charge in [-0.15, -0.1) is 0 Å². The van der Waals surface area contributed by atoms with Crippen LogP contribution in [0.2, 0.25) is 0 Å². The van der Waals surface area contributed by atoms with E-state index in [0.29, 0.717) is 0 Å². The van der Waals surface area contributed by atoms with Crippen molar-refractivity contribution < 1.29 is 54.4 Å². The molecule has 12 nitrogen and oxygen atoms in total. The van der Waals surface area contributed by atoms with Crippen LogP contribution in [0.3, 0.4) is 0 Å². The number of hydrogen-bond donors (Lipinski definition) is 7. The molecule has 0 bridgehead atoms. The molecule has 0 amide bonds. The molecule has 4 rings (SSSR count). The van der Waals surface area contributed by atoms with Crippen molar-refractivity contribution in [3.8, 4) is 39.9 Å². The molecule has 0 saturated carbocycles. The van der Waals surface area contributed by atoms with Crippen molar-refractivity contribution in [3.63, 3.8) is 0 Å². The largest absolute Gasteiger partial charge is 0.504 e. The second kappa shape index (κ2) is 9.00. The van der Waals surface area contributed by atoms with E-state index in [1.165, 1.54) is 25.3 Å². The van der Waals surface area contributed by atoms with Gasteiger partial charge < -0.3 is 54.4 Å². The van der Waals surface area contributed by atoms with E-state index in [1.54, 1.807) is 0 Å². The number of fused-ring (bicyclic) bond motifs is 1. The average Bonchev–Trinajstić information content (AvgIpc) is 2.81. The molecular formula is C22H22O12. The maximum Gasteiger partial charge on any atom is 0.229 e. The van der Waals surface area contributed by atoms with E-state index in [9.17, 15) is 40.5 Å². The van der Waals surface area contributed by atoms with Crippen molar-refractivity contribution in [3.05, 3.63) is 40.8 Å². The Morgan fingerprint density at radius 2 is 1.74 bits per heavy atom. The smallest absolute Gasteiger partial charge is 0.229 e. The third-order valence-corrected chi connectivity index (χ3v) is 5.54. The number of rotatable bonds is 5. The number of aliphatic hydroxyl groups is 4. The maximum absolute atomic E-state index is 13.1. The van der Waals surface area contributed by atoms with Crippen LogP contribution in [0.25, 0.3) is 22.1 Å². The first-order valence-corrected chi connectivity index (χ1v) is 10.0. The summed E-state index contributed by atoms with van der Waals surface area (Å²) in [6, 6.07) is 4.90. The number of phenols is 3. The van der Waals surface area contributed by atoms with Crippen LogP contribution in [0.15, 0.2) is 39.7 Å². The van der Waals surface area contributed by atoms with Gasteiger partial charge in [0.1, 0.15) is 41.6 Å². The predicted octanol–water partition coefficient (Wildman–Crippen LogP) is -0.236. The van der Waals surface area contributed by atoms with E-state index in [0.717, 1.165) is 12.3 Å². The van der Waals surface area contributed by atoms with Gasteiger partial charge in [0.2, 0.25) is 17.5 Å². The van der Waals surface area contributed by atoms with Crippen molar-refractivity contribution in [2.75, 3.05) is 13.7 Å². The maximum atomic E-state index is 13.1. The van der Waals surface area contributed by atoms with Crippen LogP contribution in [-0.2, 0) is 4.74 Å². The summed E-state index contributed by atoms with van der Waals surface area (Å²) >= 11 is 0. The van der Waals surface area contributed by atoms with Crippen LogP contribution in [-0.4, -0.2) is 80.2 Å². The fourth-order valence-corrected chi connectivity index (χ4v) is 3.69. The van der Waals surface area contributed by atoms with Crippen molar-refractivity contribution in [2.24, 2.45) is 0 Å². The van der Waals surface area contributed by atoms with E-state index >= 15 is 0 Å². The molecule has 2 heterocycles. The van der Waals surface area contributed by atoms with Gasteiger partial charge in [0.25, 0.3) is 0 Å². The third-order valence-electron chi connectivity index (χ3n) is 5.54. The first-order chi connectivity index (χ1) is 16.2. The van der Waals surface area contributed by atoms with Crippen LogP contribution in [0.1, 0.15) is 0 Å². The Hall–Kier alpha value is -3.55. The highest BCUT2D eigenvalue weighted by Crippen LogP contribution is 2.43. The lowest BCUT2D eigenvalue weighted by molar-refractivity contribution is -0.277. The number of methoxy groups -OCH3 is 1. The summed E-state index contributed by atoms with van der Waals surface area (Å²) in [6.07, 6.45) is -6.74. The second-order valence-electron chi connectivity index (χ2n) is 7.63. The van der Waals surface area contributed by atoms with E-state index in [2.05, 4.69) is 0 Å². The lowest BCUT2D eigenvalue weighted by Gasteiger charge is -2.39. The van der Waals surface area contributed by atoms with Crippen molar-refractivity contribution in [2.45, 2.75) is 30.7 Å². The molecule has 2 aromatic carbocycles. The highest BCUT2D eigenvalue weighted by Gasteiger charge is 2.45. The number of hydrogen-bond acceptors (Lipinski definition) is 12. The van der Waals surface area contributed by atoms with E-state index in [-0.39, 0.29) is 39.3 Å². The summed E-state index contributed by atoms with van der Waals surface area (Å²) < 4.78 is 21.5. The predicted molar refractivity (Wildman–Crippen MR) is 114 cm³/mol. The van der Waals surface area contributed by atoms with Gasteiger partial charge in [-0.05, 0) is 17.7 Å². The molecule has 1 aliphatic heterocycles. The molecule has 0 aliphatic carbocycles. The van der Waals surface area contributed by atoms with Gasteiger partial charge in [-0.25, -0.2) is 0 Å². The minimum absolute atomic E-state index is 0.0252. The van der Waals surface area contributed by atoms with E-state index in [4.69, 9.17) is 18.6 Å². The zero-order valence-electron chi connectivity index (χ0n) is 17.7. The molecule has 1 aliphatic rings. The summed E-state index contributed by atoms with van der Waals surface area (Å²) in [5, 5.41) is 69.2. The Labute approximate surface area is 191 Å². The average molecular weight is 478 g/mol. The Bertz CT molecular complexity index is 1270. The molecule has 1 aromatic heterocycles. The zero-order valence-corrected chi connectivity index (χ0v) is 17.7. The minimum atomic E-state index is -1.73. The molecule has 1 fully saturated rings. The van der Waals surface area contributed by atoms with Gasteiger partial charge in [-0.3, -0.25) is 4.79 Å². The molecule has 7 N–H and O–H groups in total. The SMILES string of the molecule is COc1c(O[C@@H]2O[C@H](CO)[C@@H](O)[C@H](O)[C@H]2O)cc2occ(-c3ccc(O)c(O)c3)c(=O)c2c1O. The first kappa shape index (κ1) is 23.6. The van der Waals surface area contributed by atoms with Crippen LogP contribution < -0.4 is 14.9 Å². The quantitative estimate of drug-likeness (QED) is 0.238. The molecule has 0 radical (unpaired) electrons. The number of aromatic hydroxyl groups is 3. The number of aliphatic hydroxyl groups excluding tert-OH is 4. The summed E-state index contributed by atoms with van der Waals surface area (Å²) in [6.45, 7) is -0.671. The number of phenolic OH excluding ortho intramolecular Hbond substituents is 3. The van der Waals surface area contributed by atoms with E-state index in [1.807, 2.05) is 0 Å². The summed E-state index contributed by atoms with van der Waals surface area (Å²) in [4.78, 5) is 13.1. The van der Waals surface area contributed by atoms with Crippen LogP contribution in [0.5, 0.6) is 28.7 Å². The van der Waals surface area contributed by atoms with Crippen LogP contribution in [0.4, 0.5) is 0 Å². The minimum Gasteiger partial charge on any atom is -0.504 e. The zero-order chi connectivity index (χ0) is 24.7. The Morgan fingerprint density at radius 3 is 2.38 bits per heavy atom. The number of benzene rings is 2. The van der Waals surface area contributed by atoms with Crippen LogP contribution in [0, 0.1) is 0 Å². The van der Waals surface area contributed by atoms with Gasteiger partial charge in [-0.1, -0.05) is 6.07 Å². The van der Waals surface area contributed by atoms with Crippen LogP contribution >= 0.6 is 0 Å². The van der Waals surface area contributed by atoms with E-state index < -0.39 is 54.2 Å². The Morgan fingerprint density at radius 1 is 1.00 bits per heavy atom. The van der Waals surface area contributed by atoms with Gasteiger partial charge >= 0.3 is 0 Å². The first-order valence-electron chi connectivity index (χ1n) is 10.0. The summed E-state index contributed by atoms with van der Waals surface area (Å²) in [5.41, 5.74) is -0.620. The van der Waals surface area contributed by atoms with Gasteiger partial charge in [0.05, 0.1) is 19.3 Å². The summed E-state index contributed by atoms with van der Waals surface area (Å²) in [5.74, 6) is -2.04. The lowest BCUT2D eigenvalue weighted by atomic mass is 9.99. The Balaban J connectivity index is 1.78. The molecular weight excluding hydrogens is 456 g/mol. The molecule has 1 saturated heterocycles. The molecule has 5 atom stereocenters. The highest BCUT2D eigenvalue weighted by molar-refractivity contribution is 5.91. The van der Waals surface area contributed by atoms with Crippen molar-refractivity contribution >= 4 is 11.0 Å². The van der Waals surface area contributed by atoms with Gasteiger partial charge in [-0.2, -0.15) is 0 Å².